The van der Waals surface area contributed by atoms with Crippen LogP contribution in [0.3, 0.4) is 0 Å². The monoisotopic (exact) mass is 337 g/mol. The lowest BCUT2D eigenvalue weighted by Crippen LogP contribution is -2.59. The highest BCUT2D eigenvalue weighted by Gasteiger charge is 2.31. The van der Waals surface area contributed by atoms with Crippen LogP contribution < -0.4 is 4.74 Å². The Hall–Kier alpha value is -1.91. The van der Waals surface area contributed by atoms with E-state index in [0.29, 0.717) is 6.61 Å². The first kappa shape index (κ1) is 16.6. The molecule has 4 rings (SSSR count). The zero-order valence-corrected chi connectivity index (χ0v) is 14.8. The van der Waals surface area contributed by atoms with Gasteiger partial charge in [-0.1, -0.05) is 24.6 Å². The summed E-state index contributed by atoms with van der Waals surface area (Å²) in [5.74, 6) is 0.907. The lowest BCUT2D eigenvalue weighted by Gasteiger charge is -2.46. The molecular weight excluding hydrogens is 310 g/mol. The van der Waals surface area contributed by atoms with E-state index in [1.54, 1.807) is 6.20 Å². The molecule has 2 aliphatic heterocycles. The van der Waals surface area contributed by atoms with Gasteiger partial charge in [0.1, 0.15) is 12.4 Å². The molecule has 0 amide bonds. The number of piperidine rings is 1. The first-order valence-electron chi connectivity index (χ1n) is 9.45. The van der Waals surface area contributed by atoms with Gasteiger partial charge in [0.2, 0.25) is 0 Å². The fraction of sp³-hybridized carbons (Fsp3) is 0.476. The molecule has 0 unspecified atom stereocenters. The predicted molar refractivity (Wildman–Crippen MR) is 99.5 cm³/mol. The Bertz CT molecular complexity index is 647. The Morgan fingerprint density at radius 3 is 2.48 bits per heavy atom. The highest BCUT2D eigenvalue weighted by Crippen LogP contribution is 2.22. The van der Waals surface area contributed by atoms with Crippen LogP contribution in [0.15, 0.2) is 48.7 Å². The summed E-state index contributed by atoms with van der Waals surface area (Å²) in [6.45, 7) is 6.62. The first-order chi connectivity index (χ1) is 12.4. The van der Waals surface area contributed by atoms with E-state index in [4.69, 9.17) is 4.74 Å². The van der Waals surface area contributed by atoms with Crippen molar-refractivity contribution in [2.24, 2.45) is 0 Å². The highest BCUT2D eigenvalue weighted by atomic mass is 16.5. The van der Waals surface area contributed by atoms with Crippen molar-refractivity contribution in [3.05, 3.63) is 59.9 Å². The zero-order chi connectivity index (χ0) is 16.9. The van der Waals surface area contributed by atoms with Gasteiger partial charge in [-0.2, -0.15) is 0 Å². The molecule has 0 atom stereocenters. The molecule has 1 aromatic heterocycles. The van der Waals surface area contributed by atoms with Gasteiger partial charge in [-0.3, -0.25) is 14.8 Å². The van der Waals surface area contributed by atoms with Crippen LogP contribution in [0, 0.1) is 0 Å². The van der Waals surface area contributed by atoms with Crippen LogP contribution >= 0.6 is 0 Å². The van der Waals surface area contributed by atoms with Gasteiger partial charge in [0.05, 0.1) is 5.69 Å². The topological polar surface area (TPSA) is 28.6 Å². The number of likely N-dealkylation sites (tertiary alicyclic amines) is 2. The Morgan fingerprint density at radius 1 is 0.960 bits per heavy atom. The third kappa shape index (κ3) is 4.39. The molecule has 25 heavy (non-hydrogen) atoms. The number of pyridine rings is 1. The van der Waals surface area contributed by atoms with Crippen LogP contribution in [-0.4, -0.2) is 47.0 Å². The molecule has 0 spiro atoms. The number of rotatable bonds is 6. The molecule has 2 aliphatic rings. The van der Waals surface area contributed by atoms with E-state index in [1.165, 1.54) is 51.0 Å². The number of nitrogens with zero attached hydrogens (tertiary/aromatic N) is 3. The fourth-order valence-electron chi connectivity index (χ4n) is 3.78. The second-order valence-electron chi connectivity index (χ2n) is 7.20. The van der Waals surface area contributed by atoms with Crippen molar-refractivity contribution in [2.45, 2.75) is 38.5 Å². The molecule has 2 saturated heterocycles. The molecule has 132 valence electrons. The number of hydrogen-bond donors (Lipinski definition) is 0. The van der Waals surface area contributed by atoms with Crippen molar-refractivity contribution in [1.82, 2.24) is 14.8 Å². The molecule has 0 N–H and O–H groups in total. The van der Waals surface area contributed by atoms with Gasteiger partial charge in [-0.15, -0.1) is 0 Å². The van der Waals surface area contributed by atoms with Crippen molar-refractivity contribution < 1.29 is 4.74 Å². The van der Waals surface area contributed by atoms with Gasteiger partial charge < -0.3 is 4.74 Å². The number of hydrogen-bond acceptors (Lipinski definition) is 4. The average molecular weight is 337 g/mol. The second-order valence-corrected chi connectivity index (χ2v) is 7.20. The van der Waals surface area contributed by atoms with E-state index < -0.39 is 0 Å². The second kappa shape index (κ2) is 7.98. The van der Waals surface area contributed by atoms with Crippen molar-refractivity contribution in [1.29, 1.82) is 0 Å². The van der Waals surface area contributed by atoms with Gasteiger partial charge in [0, 0.05) is 31.9 Å². The summed E-state index contributed by atoms with van der Waals surface area (Å²) >= 11 is 0. The summed E-state index contributed by atoms with van der Waals surface area (Å²) in [5.41, 5.74) is 2.32. The molecule has 0 aliphatic carbocycles. The van der Waals surface area contributed by atoms with Gasteiger partial charge in [0.25, 0.3) is 0 Å². The Balaban J connectivity index is 1.21. The highest BCUT2D eigenvalue weighted by molar-refractivity contribution is 5.27. The Morgan fingerprint density at radius 2 is 1.76 bits per heavy atom. The lowest BCUT2D eigenvalue weighted by molar-refractivity contribution is 0.0186. The van der Waals surface area contributed by atoms with Crippen LogP contribution in [0.4, 0.5) is 0 Å². The van der Waals surface area contributed by atoms with Crippen molar-refractivity contribution in [2.75, 3.05) is 26.2 Å². The van der Waals surface area contributed by atoms with Gasteiger partial charge in [0.15, 0.2) is 0 Å². The maximum atomic E-state index is 5.81. The minimum absolute atomic E-state index is 0.518. The van der Waals surface area contributed by atoms with Crippen LogP contribution in [-0.2, 0) is 13.2 Å². The van der Waals surface area contributed by atoms with Crippen molar-refractivity contribution in [3.63, 3.8) is 0 Å². The van der Waals surface area contributed by atoms with E-state index >= 15 is 0 Å². The van der Waals surface area contributed by atoms with E-state index in [1.807, 2.05) is 18.2 Å². The minimum atomic E-state index is 0.518. The third-order valence-corrected chi connectivity index (χ3v) is 5.29. The number of ether oxygens (including phenoxy) is 1. The minimum Gasteiger partial charge on any atom is -0.487 e. The van der Waals surface area contributed by atoms with Gasteiger partial charge in [-0.05, 0) is 55.8 Å². The molecule has 2 fully saturated rings. The SMILES string of the molecule is c1ccc(COc2ccc(CN3CC(N4CCCCC4)C3)cc2)nc1. The van der Waals surface area contributed by atoms with Crippen molar-refractivity contribution in [3.8, 4) is 5.75 Å². The zero-order valence-electron chi connectivity index (χ0n) is 14.8. The molecule has 4 nitrogen and oxygen atoms in total. The number of aromatic nitrogens is 1. The number of benzene rings is 1. The molecule has 2 aromatic rings. The summed E-state index contributed by atoms with van der Waals surface area (Å²) in [4.78, 5) is 9.51. The summed E-state index contributed by atoms with van der Waals surface area (Å²) in [5, 5.41) is 0. The molecule has 0 radical (unpaired) electrons. The Kier molecular flexibility index (Phi) is 5.28. The molecule has 0 bridgehead atoms. The van der Waals surface area contributed by atoms with E-state index in [2.05, 4.69) is 39.0 Å². The van der Waals surface area contributed by atoms with Gasteiger partial charge >= 0.3 is 0 Å². The first-order valence-corrected chi connectivity index (χ1v) is 9.45. The van der Waals surface area contributed by atoms with E-state index in [9.17, 15) is 0 Å². The maximum absolute atomic E-state index is 5.81. The largest absolute Gasteiger partial charge is 0.487 e. The van der Waals surface area contributed by atoms with E-state index in [-0.39, 0.29) is 0 Å². The quantitative estimate of drug-likeness (QED) is 0.808. The Labute approximate surface area is 150 Å². The maximum Gasteiger partial charge on any atom is 0.130 e. The van der Waals surface area contributed by atoms with Crippen LogP contribution in [0.25, 0.3) is 0 Å². The van der Waals surface area contributed by atoms with Crippen LogP contribution in [0.2, 0.25) is 0 Å². The summed E-state index contributed by atoms with van der Waals surface area (Å²) in [6.07, 6.45) is 5.99. The average Bonchev–Trinajstić information content (AvgIpc) is 2.65. The molecular formula is C21H27N3O. The van der Waals surface area contributed by atoms with E-state index in [0.717, 1.165) is 24.0 Å². The molecule has 3 heterocycles. The van der Waals surface area contributed by atoms with Crippen LogP contribution in [0.1, 0.15) is 30.5 Å². The third-order valence-electron chi connectivity index (χ3n) is 5.29. The standard InChI is InChI=1S/C21H27N3O/c1-4-12-24(13-5-1)20-15-23(16-20)14-18-7-9-21(10-8-18)25-17-19-6-2-3-11-22-19/h2-3,6-11,20H,1,4-5,12-17H2. The normalized spacial score (nSPS) is 19.5. The van der Waals surface area contributed by atoms with Crippen LogP contribution in [0.5, 0.6) is 5.75 Å². The van der Waals surface area contributed by atoms with Crippen molar-refractivity contribution >= 4 is 0 Å². The molecule has 0 saturated carbocycles. The molecule has 1 aromatic carbocycles. The fourth-order valence-corrected chi connectivity index (χ4v) is 3.78. The van der Waals surface area contributed by atoms with Gasteiger partial charge in [-0.25, -0.2) is 0 Å². The smallest absolute Gasteiger partial charge is 0.130 e. The summed E-state index contributed by atoms with van der Waals surface area (Å²) < 4.78 is 5.81. The predicted octanol–water partition coefficient (Wildman–Crippen LogP) is 3.33. The summed E-state index contributed by atoms with van der Waals surface area (Å²) in [6, 6.07) is 15.2. The molecule has 4 heteroatoms. The lowest BCUT2D eigenvalue weighted by atomic mass is 10.0. The summed E-state index contributed by atoms with van der Waals surface area (Å²) in [7, 11) is 0.